The second-order valence-electron chi connectivity index (χ2n) is 33.7. The van der Waals surface area contributed by atoms with E-state index in [2.05, 4.69) is 176 Å². The second-order valence-corrected chi connectivity index (χ2v) is 33.7. The van der Waals surface area contributed by atoms with Gasteiger partial charge in [-0.3, -0.25) is 0 Å². The van der Waals surface area contributed by atoms with E-state index in [9.17, 15) is 0 Å². The molecular formula is C72H98N8O8. The molecule has 0 saturated carbocycles. The molecule has 3 aromatic heterocycles. The Kier molecular flexibility index (Phi) is 17.4. The number of aromatic amines is 2. The molecule has 9 rings (SSSR count). The number of nitrogens with one attached hydrogen (secondary N) is 2. The van der Waals surface area contributed by atoms with Gasteiger partial charge in [0.25, 0.3) is 0 Å². The van der Waals surface area contributed by atoms with Crippen molar-refractivity contribution < 1.29 is 37.9 Å². The van der Waals surface area contributed by atoms with Gasteiger partial charge in [-0.25, -0.2) is 29.9 Å². The Balaban J connectivity index is 1.56. The van der Waals surface area contributed by atoms with Gasteiger partial charge < -0.3 is 47.9 Å². The van der Waals surface area contributed by atoms with Crippen LogP contribution in [-0.4, -0.2) is 92.7 Å². The SMILES string of the molecule is CC(C)(C)COc1ccc(OCC(C)(C)C)c2c1-c1nc-2nc2[nH]c(nc3nc(nc4[nH]c(n1)c1c(OCC(C)(C)C)ccc(OCC(C)(C)C)c41)-c1c(OCC(C)(C)C)ccc(OCC(C)(C)C)c1-3)c1c(OCC(C)(C)C)ccc(OCC(C)(C)C)c21. The quantitative estimate of drug-likeness (QED) is 0.0932. The van der Waals surface area contributed by atoms with Crippen LogP contribution in [0.25, 0.3) is 89.7 Å². The van der Waals surface area contributed by atoms with Gasteiger partial charge in [-0.1, -0.05) is 166 Å². The van der Waals surface area contributed by atoms with Crippen LogP contribution in [0.4, 0.5) is 0 Å². The molecular weight excluding hydrogens is 1100 g/mol. The molecule has 2 aliphatic rings. The smallest absolute Gasteiger partial charge is 0.168 e. The van der Waals surface area contributed by atoms with Gasteiger partial charge in [-0.2, -0.15) is 0 Å². The maximum atomic E-state index is 6.89. The maximum Gasteiger partial charge on any atom is 0.168 e. The van der Waals surface area contributed by atoms with Crippen molar-refractivity contribution in [3.63, 3.8) is 0 Å². The van der Waals surface area contributed by atoms with Crippen LogP contribution in [-0.2, 0) is 0 Å². The van der Waals surface area contributed by atoms with E-state index in [1.54, 1.807) is 0 Å². The maximum absolute atomic E-state index is 6.89. The van der Waals surface area contributed by atoms with Crippen LogP contribution >= 0.6 is 0 Å². The molecule has 2 aliphatic heterocycles. The molecule has 16 heteroatoms. The summed E-state index contributed by atoms with van der Waals surface area (Å²) < 4.78 is 55.1. The van der Waals surface area contributed by atoms with E-state index in [4.69, 9.17) is 67.8 Å². The van der Waals surface area contributed by atoms with Crippen LogP contribution in [0.2, 0.25) is 0 Å². The lowest BCUT2D eigenvalue weighted by atomic mass is 9.98. The fourth-order valence-corrected chi connectivity index (χ4v) is 9.38. The summed E-state index contributed by atoms with van der Waals surface area (Å²) in [6, 6.07) is 15.6. The van der Waals surface area contributed by atoms with E-state index in [1.165, 1.54) is 0 Å². The summed E-state index contributed by atoms with van der Waals surface area (Å²) in [6.07, 6.45) is 0. The normalized spacial score (nSPS) is 13.4. The number of benzene rings is 4. The van der Waals surface area contributed by atoms with Gasteiger partial charge in [0.05, 0.1) is 96.7 Å². The predicted octanol–water partition coefficient (Wildman–Crippen LogP) is 18.3. The molecule has 0 spiro atoms. The number of ether oxygens (including phenoxy) is 8. The van der Waals surface area contributed by atoms with Gasteiger partial charge in [-0.05, 0) is 91.9 Å². The zero-order chi connectivity index (χ0) is 64.5. The third-order valence-corrected chi connectivity index (χ3v) is 13.4. The largest absolute Gasteiger partial charge is 0.492 e. The van der Waals surface area contributed by atoms with Gasteiger partial charge in [-0.15, -0.1) is 0 Å². The van der Waals surface area contributed by atoms with Crippen molar-refractivity contribution in [2.75, 3.05) is 52.9 Å². The van der Waals surface area contributed by atoms with Crippen molar-refractivity contribution in [2.24, 2.45) is 43.3 Å². The Morgan fingerprint density at radius 2 is 0.375 bits per heavy atom. The number of nitrogens with zero attached hydrogens (tertiary/aromatic N) is 6. The predicted molar refractivity (Wildman–Crippen MR) is 356 cm³/mol. The molecule has 0 atom stereocenters. The van der Waals surface area contributed by atoms with Crippen molar-refractivity contribution in [1.82, 2.24) is 39.9 Å². The summed E-state index contributed by atoms with van der Waals surface area (Å²) in [4.78, 5) is 41.0. The number of aromatic nitrogens is 8. The molecule has 7 aromatic rings. The van der Waals surface area contributed by atoms with Gasteiger partial charge in [0.15, 0.2) is 23.3 Å². The molecule has 4 aromatic carbocycles. The van der Waals surface area contributed by atoms with Crippen LogP contribution in [0.15, 0.2) is 48.5 Å². The van der Waals surface area contributed by atoms with Crippen LogP contribution in [0.5, 0.6) is 46.0 Å². The van der Waals surface area contributed by atoms with E-state index in [0.717, 1.165) is 0 Å². The van der Waals surface area contributed by atoms with E-state index < -0.39 is 0 Å². The first kappa shape index (κ1) is 65.1. The van der Waals surface area contributed by atoms with Gasteiger partial charge in [0, 0.05) is 0 Å². The van der Waals surface area contributed by atoms with Gasteiger partial charge >= 0.3 is 0 Å². The van der Waals surface area contributed by atoms with Crippen LogP contribution in [0.3, 0.4) is 0 Å². The minimum atomic E-state index is -0.214. The summed E-state index contributed by atoms with van der Waals surface area (Å²) >= 11 is 0. The highest BCUT2D eigenvalue weighted by Crippen LogP contribution is 2.51. The van der Waals surface area contributed by atoms with Crippen molar-refractivity contribution in [3.05, 3.63) is 48.5 Å². The first-order valence-electron chi connectivity index (χ1n) is 31.1. The lowest BCUT2D eigenvalue weighted by Crippen LogP contribution is -2.18. The number of hydrogen-bond acceptors (Lipinski definition) is 14. The monoisotopic (exact) mass is 1200 g/mol. The third-order valence-electron chi connectivity index (χ3n) is 13.4. The Morgan fingerprint density at radius 1 is 0.227 bits per heavy atom. The molecule has 0 radical (unpaired) electrons. The van der Waals surface area contributed by atoms with Crippen LogP contribution < -0.4 is 37.9 Å². The molecule has 0 aliphatic carbocycles. The average Bonchev–Trinajstić information content (AvgIpc) is 1.82. The Morgan fingerprint density at radius 3 is 0.534 bits per heavy atom. The number of hydrogen-bond donors (Lipinski definition) is 2. The van der Waals surface area contributed by atoms with Gasteiger partial charge in [0.2, 0.25) is 0 Å². The Hall–Kier alpha value is -7.36. The van der Waals surface area contributed by atoms with Crippen LogP contribution in [0.1, 0.15) is 166 Å². The number of H-pyrrole nitrogens is 2. The van der Waals surface area contributed by atoms with E-state index in [0.29, 0.717) is 189 Å². The molecule has 0 saturated heterocycles. The summed E-state index contributed by atoms with van der Waals surface area (Å²) in [5.41, 5.74) is 2.34. The Bertz CT molecular complexity index is 3420. The molecule has 474 valence electrons. The third kappa shape index (κ3) is 15.9. The lowest BCUT2D eigenvalue weighted by Gasteiger charge is -2.22. The first-order chi connectivity index (χ1) is 40.6. The molecule has 0 fully saturated rings. The summed E-state index contributed by atoms with van der Waals surface area (Å²) in [5.74, 6) is 5.80. The second kappa shape index (κ2) is 23.5. The summed E-state index contributed by atoms with van der Waals surface area (Å²) in [5, 5.41) is 2.53. The molecule has 8 bridgehead atoms. The lowest BCUT2D eigenvalue weighted by molar-refractivity contribution is 0.194. The van der Waals surface area contributed by atoms with Crippen molar-refractivity contribution in [1.29, 1.82) is 0 Å². The summed E-state index contributed by atoms with van der Waals surface area (Å²) in [7, 11) is 0. The molecule has 2 N–H and O–H groups in total. The highest BCUT2D eigenvalue weighted by atomic mass is 16.5. The highest BCUT2D eigenvalue weighted by molar-refractivity contribution is 6.13. The average molecular weight is 1200 g/mol. The minimum Gasteiger partial charge on any atom is -0.492 e. The Labute approximate surface area is 522 Å². The van der Waals surface area contributed by atoms with Crippen LogP contribution in [0, 0.1) is 43.3 Å². The zero-order valence-electron chi connectivity index (χ0n) is 57.2. The number of fused-ring (bicyclic) bond motifs is 20. The molecule has 0 amide bonds. The zero-order valence-corrected chi connectivity index (χ0v) is 57.2. The number of rotatable bonds is 16. The van der Waals surface area contributed by atoms with E-state index in [1.807, 2.05) is 48.5 Å². The fourth-order valence-electron chi connectivity index (χ4n) is 9.38. The molecule has 5 heterocycles. The standard InChI is InChI=1S/C72H98N8O8/c1-65(2,3)33-81-41-25-26-42(82-34-66(4,5)6)50-49(41)57-73-58(50)78-60-53-45(85-37-69(13,14)15)29-30-46(86-38-70(16,17)18)54(53)62(75-60)80-64-56-48(88-40-72(22,23)24)32-31-47(87-39-71(19,20)21)55(56)63(76-64)79-61-52-44(84-36-68(10,11)12)28-27-43(83-35-67(7,8)9)51(52)59(74-61)77-57/h25-32H,33-40H2,1-24H3,(H2,73,74,75,76,77,78,79,80). The van der Waals surface area contributed by atoms with Crippen molar-refractivity contribution in [3.8, 4) is 91.5 Å². The topological polar surface area (TPSA) is 183 Å². The molecule has 0 unspecified atom stereocenters. The summed E-state index contributed by atoms with van der Waals surface area (Å²) in [6.45, 7) is 54.6. The highest BCUT2D eigenvalue weighted by Gasteiger charge is 2.34. The molecule has 16 nitrogen and oxygen atoms in total. The first-order valence-corrected chi connectivity index (χ1v) is 31.1. The van der Waals surface area contributed by atoms with Crippen molar-refractivity contribution in [2.45, 2.75) is 166 Å². The van der Waals surface area contributed by atoms with E-state index >= 15 is 0 Å². The van der Waals surface area contributed by atoms with E-state index in [-0.39, 0.29) is 43.3 Å². The van der Waals surface area contributed by atoms with Gasteiger partial charge in [0.1, 0.15) is 68.6 Å². The van der Waals surface area contributed by atoms with Crippen molar-refractivity contribution >= 4 is 44.1 Å². The fraction of sp³-hybridized carbons (Fsp3) is 0.556. The molecule has 88 heavy (non-hydrogen) atoms. The minimum absolute atomic E-state index is 0.212.